The average Bonchev–Trinajstić information content (AvgIpc) is 3.31. The maximum Gasteiger partial charge on any atom is 0.0479 e. The zero-order valence-electron chi connectivity index (χ0n) is 18.4. The normalized spacial score (nSPS) is 10.7. The summed E-state index contributed by atoms with van der Waals surface area (Å²) in [5.41, 5.74) is 11.8. The standard InChI is InChI=1S/C20H25N3.C6H8OS/c1-4-14-22-20-13-9-7-10-16(20)15(3)23-19(5-2)17-11-6-8-12-18(17)21;7-4-3-6-2-1-5-8-6/h5-13,22-23H,3-4,14,21H2,1-2H3;1-2,5,7H,3-4H2/b19-5+;. The molecule has 0 aliphatic heterocycles. The summed E-state index contributed by atoms with van der Waals surface area (Å²) in [7, 11) is 0. The maximum absolute atomic E-state index is 8.44. The number of rotatable bonds is 9. The van der Waals surface area contributed by atoms with E-state index in [2.05, 4.69) is 36.3 Å². The molecule has 0 aliphatic carbocycles. The number of para-hydroxylation sites is 2. The Morgan fingerprint density at radius 3 is 2.39 bits per heavy atom. The van der Waals surface area contributed by atoms with Crippen LogP contribution in [0.15, 0.2) is 78.7 Å². The van der Waals surface area contributed by atoms with E-state index in [9.17, 15) is 0 Å². The molecule has 0 bridgehead atoms. The quantitative estimate of drug-likeness (QED) is 0.311. The summed E-state index contributed by atoms with van der Waals surface area (Å²) < 4.78 is 0. The van der Waals surface area contributed by atoms with Crippen molar-refractivity contribution in [1.82, 2.24) is 5.32 Å². The number of allylic oxidation sites excluding steroid dienone is 1. The lowest BCUT2D eigenvalue weighted by Crippen LogP contribution is -2.13. The van der Waals surface area contributed by atoms with Gasteiger partial charge in [-0.25, -0.2) is 0 Å². The van der Waals surface area contributed by atoms with Gasteiger partial charge in [0.2, 0.25) is 0 Å². The number of anilines is 2. The van der Waals surface area contributed by atoms with Crippen LogP contribution in [0.5, 0.6) is 0 Å². The lowest BCUT2D eigenvalue weighted by atomic mass is 10.1. The lowest BCUT2D eigenvalue weighted by molar-refractivity contribution is 0.300. The van der Waals surface area contributed by atoms with Gasteiger partial charge in [0.25, 0.3) is 0 Å². The third kappa shape index (κ3) is 7.63. The summed E-state index contributed by atoms with van der Waals surface area (Å²) in [4.78, 5) is 1.26. The Hall–Kier alpha value is -3.02. The second-order valence-electron chi connectivity index (χ2n) is 6.92. The summed E-state index contributed by atoms with van der Waals surface area (Å²) >= 11 is 1.69. The van der Waals surface area contributed by atoms with Crippen molar-refractivity contribution < 1.29 is 5.11 Å². The Kier molecular flexibility index (Phi) is 10.4. The largest absolute Gasteiger partial charge is 0.398 e. The molecule has 1 heterocycles. The fourth-order valence-electron chi connectivity index (χ4n) is 2.99. The Balaban J connectivity index is 0.000000357. The summed E-state index contributed by atoms with van der Waals surface area (Å²) in [6.45, 7) is 9.55. The van der Waals surface area contributed by atoms with Gasteiger partial charge in [0.05, 0.1) is 0 Å². The summed E-state index contributed by atoms with van der Waals surface area (Å²) in [5.74, 6) is 0. The highest BCUT2D eigenvalue weighted by atomic mass is 32.1. The highest BCUT2D eigenvalue weighted by Gasteiger charge is 2.09. The molecule has 0 radical (unpaired) electrons. The van der Waals surface area contributed by atoms with Gasteiger partial charge in [0, 0.05) is 58.3 Å². The molecule has 5 N–H and O–H groups in total. The molecule has 0 saturated heterocycles. The zero-order valence-corrected chi connectivity index (χ0v) is 19.2. The molecular formula is C26H33N3OS. The number of nitrogens with two attached hydrogens (primary N) is 1. The van der Waals surface area contributed by atoms with Crippen LogP contribution in [0.1, 0.15) is 36.3 Å². The van der Waals surface area contributed by atoms with Gasteiger partial charge >= 0.3 is 0 Å². The van der Waals surface area contributed by atoms with Crippen LogP contribution in [-0.2, 0) is 6.42 Å². The molecule has 3 rings (SSSR count). The fourth-order valence-corrected chi connectivity index (χ4v) is 3.69. The van der Waals surface area contributed by atoms with Crippen molar-refractivity contribution in [2.75, 3.05) is 24.2 Å². The first-order chi connectivity index (χ1) is 15.1. The third-order valence-corrected chi connectivity index (χ3v) is 5.52. The van der Waals surface area contributed by atoms with Crippen molar-refractivity contribution in [1.29, 1.82) is 0 Å². The Bertz CT molecular complexity index is 964. The Labute approximate surface area is 190 Å². The molecule has 0 fully saturated rings. The first kappa shape index (κ1) is 24.3. The zero-order chi connectivity index (χ0) is 22.5. The highest BCUT2D eigenvalue weighted by molar-refractivity contribution is 7.09. The SMILES string of the molecule is C=C(N/C(=C/C)c1ccccc1N)c1ccccc1NCCC.OCCc1cccs1. The molecule has 0 atom stereocenters. The smallest absolute Gasteiger partial charge is 0.0479 e. The highest BCUT2D eigenvalue weighted by Crippen LogP contribution is 2.25. The molecule has 4 nitrogen and oxygen atoms in total. The second kappa shape index (κ2) is 13.3. The van der Waals surface area contributed by atoms with Gasteiger partial charge in [0.1, 0.15) is 0 Å². The van der Waals surface area contributed by atoms with Crippen LogP contribution in [0.2, 0.25) is 0 Å². The van der Waals surface area contributed by atoms with E-state index < -0.39 is 0 Å². The second-order valence-corrected chi connectivity index (χ2v) is 7.95. The lowest BCUT2D eigenvalue weighted by Gasteiger charge is -2.18. The summed E-state index contributed by atoms with van der Waals surface area (Å²) in [6.07, 6.45) is 3.89. The Morgan fingerprint density at radius 1 is 1.06 bits per heavy atom. The number of aliphatic hydroxyl groups is 1. The molecule has 0 unspecified atom stereocenters. The van der Waals surface area contributed by atoms with Gasteiger partial charge in [-0.2, -0.15) is 0 Å². The van der Waals surface area contributed by atoms with Gasteiger partial charge in [-0.3, -0.25) is 0 Å². The van der Waals surface area contributed by atoms with E-state index in [4.69, 9.17) is 10.8 Å². The van der Waals surface area contributed by atoms with E-state index in [1.54, 1.807) is 11.3 Å². The molecule has 2 aromatic carbocycles. The minimum atomic E-state index is 0.264. The molecule has 3 aromatic rings. The Morgan fingerprint density at radius 2 is 1.77 bits per heavy atom. The number of thiophene rings is 1. The van der Waals surface area contributed by atoms with Crippen LogP contribution >= 0.6 is 11.3 Å². The first-order valence-corrected chi connectivity index (χ1v) is 11.4. The first-order valence-electron chi connectivity index (χ1n) is 10.5. The minimum absolute atomic E-state index is 0.264. The molecule has 31 heavy (non-hydrogen) atoms. The fraction of sp³-hybridized carbons (Fsp3) is 0.231. The molecule has 5 heteroatoms. The van der Waals surface area contributed by atoms with Crippen LogP contribution < -0.4 is 16.4 Å². The van der Waals surface area contributed by atoms with Crippen molar-refractivity contribution in [3.8, 4) is 0 Å². The van der Waals surface area contributed by atoms with Crippen LogP contribution in [-0.4, -0.2) is 18.3 Å². The molecule has 0 amide bonds. The number of benzene rings is 2. The van der Waals surface area contributed by atoms with E-state index in [1.807, 2.05) is 66.9 Å². The van der Waals surface area contributed by atoms with Crippen molar-refractivity contribution in [2.45, 2.75) is 26.7 Å². The van der Waals surface area contributed by atoms with Crippen molar-refractivity contribution >= 4 is 34.1 Å². The van der Waals surface area contributed by atoms with Gasteiger partial charge in [-0.1, -0.05) is 62.0 Å². The molecule has 0 aliphatic rings. The van der Waals surface area contributed by atoms with E-state index in [-0.39, 0.29) is 6.61 Å². The van der Waals surface area contributed by atoms with E-state index in [1.165, 1.54) is 4.88 Å². The molecule has 0 spiro atoms. The third-order valence-electron chi connectivity index (χ3n) is 4.58. The monoisotopic (exact) mass is 435 g/mol. The van der Waals surface area contributed by atoms with E-state index in [0.717, 1.165) is 53.3 Å². The number of aliphatic hydroxyl groups excluding tert-OH is 1. The van der Waals surface area contributed by atoms with Crippen molar-refractivity contribution in [3.05, 3.63) is 94.7 Å². The molecule has 164 valence electrons. The minimum Gasteiger partial charge on any atom is -0.398 e. The number of hydrogen-bond acceptors (Lipinski definition) is 5. The van der Waals surface area contributed by atoms with E-state index >= 15 is 0 Å². The van der Waals surface area contributed by atoms with Crippen LogP contribution in [0.4, 0.5) is 11.4 Å². The van der Waals surface area contributed by atoms with Crippen LogP contribution in [0, 0.1) is 0 Å². The molecule has 0 saturated carbocycles. The van der Waals surface area contributed by atoms with Crippen molar-refractivity contribution in [3.63, 3.8) is 0 Å². The molecule has 1 aromatic heterocycles. The van der Waals surface area contributed by atoms with Gasteiger partial charge < -0.3 is 21.5 Å². The predicted molar refractivity (Wildman–Crippen MR) is 137 cm³/mol. The summed E-state index contributed by atoms with van der Waals surface area (Å²) in [6, 6.07) is 20.0. The summed E-state index contributed by atoms with van der Waals surface area (Å²) in [5, 5.41) is 17.3. The predicted octanol–water partition coefficient (Wildman–Crippen LogP) is 5.99. The van der Waals surface area contributed by atoms with Gasteiger partial charge in [-0.05, 0) is 36.9 Å². The maximum atomic E-state index is 8.44. The number of nitrogen functional groups attached to an aromatic ring is 1. The van der Waals surface area contributed by atoms with Gasteiger partial charge in [0.15, 0.2) is 0 Å². The van der Waals surface area contributed by atoms with Gasteiger partial charge in [-0.15, -0.1) is 11.3 Å². The van der Waals surface area contributed by atoms with Crippen molar-refractivity contribution in [2.24, 2.45) is 0 Å². The topological polar surface area (TPSA) is 70.3 Å². The average molecular weight is 436 g/mol. The molecular weight excluding hydrogens is 402 g/mol. The van der Waals surface area contributed by atoms with Crippen LogP contribution in [0.3, 0.4) is 0 Å². The number of hydrogen-bond donors (Lipinski definition) is 4. The van der Waals surface area contributed by atoms with E-state index in [0.29, 0.717) is 0 Å². The van der Waals surface area contributed by atoms with Crippen LogP contribution in [0.25, 0.3) is 11.4 Å². The number of nitrogens with one attached hydrogen (secondary N) is 2.